The van der Waals surface area contributed by atoms with Crippen LogP contribution in [0.1, 0.15) is 52.0 Å². The van der Waals surface area contributed by atoms with Gasteiger partial charge < -0.3 is 9.53 Å². The molecule has 1 saturated heterocycles. The second-order valence-electron chi connectivity index (χ2n) is 11.4. The number of aliphatic hydroxyl groups is 1. The number of hydrogen-bond donors (Lipinski definition) is 1. The van der Waals surface area contributed by atoms with Crippen LogP contribution in [-0.2, 0) is 14.4 Å². The number of rotatable bonds is 10. The molecule has 1 N–H and O–H groups in total. The van der Waals surface area contributed by atoms with Crippen LogP contribution in [0, 0.1) is 6.92 Å². The van der Waals surface area contributed by atoms with E-state index >= 15 is 0 Å². The largest absolute Gasteiger partial charge is 0.406 e. The van der Waals surface area contributed by atoms with Gasteiger partial charge in [0.05, 0.1) is 11.5 Å². The topological polar surface area (TPSA) is 66.8 Å². The molecular weight excluding hydrogens is 510 g/mol. The molecule has 3 aromatic carbocycles. The highest BCUT2D eigenvalue weighted by Crippen LogP contribution is 2.39. The number of aryl methyl sites for hydroxylation is 1. The van der Waals surface area contributed by atoms with Crippen LogP contribution in [0.4, 0.5) is 0 Å². The monoisotopic (exact) mass is 551 g/mol. The maximum absolute atomic E-state index is 14.0. The van der Waals surface area contributed by atoms with E-state index < -0.39 is 18.3 Å². The van der Waals surface area contributed by atoms with Crippen LogP contribution in [0.25, 0.3) is 0 Å². The van der Waals surface area contributed by atoms with Crippen molar-refractivity contribution in [3.8, 4) is 0 Å². The van der Waals surface area contributed by atoms with Gasteiger partial charge >= 0.3 is 0 Å². The second kappa shape index (κ2) is 11.8. The molecule has 0 unspecified atom stereocenters. The molecule has 0 radical (unpaired) electrons. The van der Waals surface area contributed by atoms with Crippen molar-refractivity contribution in [1.82, 2.24) is 4.31 Å². The van der Waals surface area contributed by atoms with Crippen molar-refractivity contribution in [2.24, 2.45) is 0 Å². The molecule has 38 heavy (non-hydrogen) atoms. The molecule has 3 aromatic rings. The van der Waals surface area contributed by atoms with Crippen LogP contribution in [0.5, 0.6) is 0 Å². The number of benzene rings is 3. The minimum atomic E-state index is -3.73. The van der Waals surface area contributed by atoms with Crippen LogP contribution in [0.2, 0.25) is 5.04 Å². The lowest BCUT2D eigenvalue weighted by atomic mass is 10.1. The first kappa shape index (κ1) is 28.7. The Hall–Kier alpha value is -2.29. The third kappa shape index (κ3) is 5.68. The lowest BCUT2D eigenvalue weighted by Gasteiger charge is -2.44. The fraction of sp³-hybridized carbons (Fsp3) is 0.419. The highest BCUT2D eigenvalue weighted by atomic mass is 32.2. The lowest BCUT2D eigenvalue weighted by Crippen LogP contribution is -2.67. The fourth-order valence-corrected chi connectivity index (χ4v) is 12.4. The van der Waals surface area contributed by atoms with E-state index in [1.54, 1.807) is 16.4 Å². The van der Waals surface area contributed by atoms with Crippen molar-refractivity contribution < 1.29 is 18.0 Å². The van der Waals surface area contributed by atoms with Crippen molar-refractivity contribution in [3.63, 3.8) is 0 Å². The van der Waals surface area contributed by atoms with Crippen molar-refractivity contribution in [2.75, 3.05) is 13.2 Å². The van der Waals surface area contributed by atoms with Gasteiger partial charge in [0.2, 0.25) is 10.0 Å². The van der Waals surface area contributed by atoms with E-state index in [2.05, 4.69) is 69.3 Å². The summed E-state index contributed by atoms with van der Waals surface area (Å²) < 4.78 is 36.9. The molecule has 0 bridgehead atoms. The van der Waals surface area contributed by atoms with Crippen LogP contribution >= 0.6 is 0 Å². The Kier molecular flexibility index (Phi) is 8.95. The zero-order chi connectivity index (χ0) is 27.4. The summed E-state index contributed by atoms with van der Waals surface area (Å²) in [6.07, 6.45) is 2.71. The fourth-order valence-electron chi connectivity index (χ4n) is 5.90. The lowest BCUT2D eigenvalue weighted by molar-refractivity contribution is 0.195. The second-order valence-corrected chi connectivity index (χ2v) is 17.5. The standard InChI is InChI=1S/C31H41NO4SSi/c1-25-17-21-28(22-18-25)37(34,35)32-26(12-11-23-33)19-20-27(32)24-36-38(31(2,3)4,29-13-7-5-8-14-29)30-15-9-6-10-16-30/h5-10,13-18,21-22,26-27,33H,11-12,19-20,23-24H2,1-4H3/t26-,27-/m0/s1. The smallest absolute Gasteiger partial charge is 0.261 e. The van der Waals surface area contributed by atoms with Gasteiger partial charge in [-0.1, -0.05) is 99.1 Å². The summed E-state index contributed by atoms with van der Waals surface area (Å²) in [7, 11) is -6.53. The van der Waals surface area contributed by atoms with Gasteiger partial charge in [-0.15, -0.1) is 0 Å². The molecule has 2 atom stereocenters. The third-order valence-electron chi connectivity index (χ3n) is 7.75. The van der Waals surface area contributed by atoms with Gasteiger partial charge in [-0.3, -0.25) is 0 Å². The average Bonchev–Trinajstić information content (AvgIpc) is 3.32. The predicted molar refractivity (Wildman–Crippen MR) is 157 cm³/mol. The summed E-state index contributed by atoms with van der Waals surface area (Å²) in [5, 5.41) is 11.7. The van der Waals surface area contributed by atoms with Crippen LogP contribution < -0.4 is 10.4 Å². The zero-order valence-corrected chi connectivity index (χ0v) is 24.8. The van der Waals surface area contributed by atoms with Gasteiger partial charge in [0.1, 0.15) is 0 Å². The summed E-state index contributed by atoms with van der Waals surface area (Å²) in [6.45, 7) is 9.04. The minimum absolute atomic E-state index is 0.0537. The first-order valence-corrected chi connectivity index (χ1v) is 16.9. The maximum Gasteiger partial charge on any atom is 0.261 e. The number of hydrogen-bond acceptors (Lipinski definition) is 4. The number of nitrogens with zero attached hydrogens (tertiary/aromatic N) is 1. The quantitative estimate of drug-likeness (QED) is 0.365. The van der Waals surface area contributed by atoms with Crippen molar-refractivity contribution in [1.29, 1.82) is 0 Å². The van der Waals surface area contributed by atoms with Crippen LogP contribution in [0.15, 0.2) is 89.8 Å². The Balaban J connectivity index is 1.74. The molecule has 1 aliphatic heterocycles. The Bertz CT molecular complexity index is 1240. The Labute approximate surface area is 229 Å². The molecule has 0 aliphatic carbocycles. The van der Waals surface area contributed by atoms with E-state index in [0.717, 1.165) is 18.4 Å². The molecule has 1 aliphatic rings. The van der Waals surface area contributed by atoms with Gasteiger partial charge in [-0.2, -0.15) is 4.31 Å². The normalized spacial score (nSPS) is 19.1. The molecule has 7 heteroatoms. The summed E-state index contributed by atoms with van der Waals surface area (Å²) in [5.74, 6) is 0. The van der Waals surface area contributed by atoms with Crippen molar-refractivity contribution in [2.45, 2.75) is 75.4 Å². The molecule has 1 fully saturated rings. The summed E-state index contributed by atoms with van der Waals surface area (Å²) in [6, 6.07) is 27.6. The SMILES string of the molecule is Cc1ccc(S(=O)(=O)N2[C@@H](CCCO)CC[C@H]2CO[Si](c2ccccc2)(c2ccccc2)C(C)(C)C)cc1. The van der Waals surface area contributed by atoms with Crippen molar-refractivity contribution >= 4 is 28.7 Å². The van der Waals surface area contributed by atoms with E-state index in [1.807, 2.05) is 31.2 Å². The van der Waals surface area contributed by atoms with Gasteiger partial charge in [-0.25, -0.2) is 8.42 Å². The molecular formula is C31H41NO4SSi. The summed E-state index contributed by atoms with van der Waals surface area (Å²) >= 11 is 0. The molecule has 0 spiro atoms. The third-order valence-corrected chi connectivity index (χ3v) is 14.8. The molecule has 1 heterocycles. The minimum Gasteiger partial charge on any atom is -0.406 e. The highest BCUT2D eigenvalue weighted by Gasteiger charge is 2.51. The molecule has 0 saturated carbocycles. The highest BCUT2D eigenvalue weighted by molar-refractivity contribution is 7.89. The number of sulfonamides is 1. The molecule has 4 rings (SSSR count). The maximum atomic E-state index is 14.0. The van der Waals surface area contributed by atoms with Gasteiger partial charge in [0.25, 0.3) is 8.32 Å². The van der Waals surface area contributed by atoms with E-state index in [1.165, 1.54) is 10.4 Å². The van der Waals surface area contributed by atoms with Crippen LogP contribution in [0.3, 0.4) is 0 Å². The van der Waals surface area contributed by atoms with Gasteiger partial charge in [-0.05, 0) is 60.2 Å². The average molecular weight is 552 g/mol. The van der Waals surface area contributed by atoms with Crippen LogP contribution in [-0.4, -0.2) is 51.4 Å². The first-order chi connectivity index (χ1) is 18.1. The van der Waals surface area contributed by atoms with Gasteiger partial charge in [0, 0.05) is 18.7 Å². The van der Waals surface area contributed by atoms with E-state index in [4.69, 9.17) is 4.43 Å². The van der Waals surface area contributed by atoms with E-state index in [-0.39, 0.29) is 23.7 Å². The molecule has 0 amide bonds. The molecule has 0 aromatic heterocycles. The van der Waals surface area contributed by atoms with E-state index in [9.17, 15) is 13.5 Å². The Morgan fingerprint density at radius 1 is 0.868 bits per heavy atom. The summed E-state index contributed by atoms with van der Waals surface area (Å²) in [5.41, 5.74) is 1.02. The van der Waals surface area contributed by atoms with Crippen molar-refractivity contribution in [3.05, 3.63) is 90.5 Å². The molecule has 204 valence electrons. The summed E-state index contributed by atoms with van der Waals surface area (Å²) in [4.78, 5) is 0.314. The first-order valence-electron chi connectivity index (χ1n) is 13.6. The zero-order valence-electron chi connectivity index (χ0n) is 23.0. The predicted octanol–water partition coefficient (Wildman–Crippen LogP) is 4.87. The molecule has 5 nitrogen and oxygen atoms in total. The number of aliphatic hydroxyl groups excluding tert-OH is 1. The Morgan fingerprint density at radius 3 is 1.89 bits per heavy atom. The Morgan fingerprint density at radius 2 is 1.39 bits per heavy atom. The van der Waals surface area contributed by atoms with E-state index in [0.29, 0.717) is 24.3 Å². The van der Waals surface area contributed by atoms with Gasteiger partial charge in [0.15, 0.2) is 0 Å².